The van der Waals surface area contributed by atoms with Crippen molar-refractivity contribution in [1.82, 2.24) is 4.98 Å². The third-order valence-corrected chi connectivity index (χ3v) is 4.93. The second-order valence-corrected chi connectivity index (χ2v) is 6.77. The SMILES string of the molecule is CCc1nc(COC(=O)CCSc2ccc(C)cc2)cs1. The van der Waals surface area contributed by atoms with Gasteiger partial charge < -0.3 is 4.74 Å². The van der Waals surface area contributed by atoms with E-state index in [1.807, 2.05) is 5.38 Å². The van der Waals surface area contributed by atoms with Crippen molar-refractivity contribution in [1.29, 1.82) is 0 Å². The van der Waals surface area contributed by atoms with Gasteiger partial charge in [-0.05, 0) is 25.5 Å². The largest absolute Gasteiger partial charge is 0.459 e. The van der Waals surface area contributed by atoms with Gasteiger partial charge in [0.25, 0.3) is 0 Å². The minimum atomic E-state index is -0.166. The minimum absolute atomic E-state index is 0.166. The summed E-state index contributed by atoms with van der Waals surface area (Å²) in [6, 6.07) is 8.31. The molecule has 112 valence electrons. The van der Waals surface area contributed by atoms with Crippen LogP contribution < -0.4 is 0 Å². The molecular weight excluding hydrogens is 302 g/mol. The molecule has 0 saturated heterocycles. The van der Waals surface area contributed by atoms with Crippen LogP contribution >= 0.6 is 23.1 Å². The molecule has 0 fully saturated rings. The van der Waals surface area contributed by atoms with E-state index in [0.717, 1.165) is 22.9 Å². The topological polar surface area (TPSA) is 39.2 Å². The Morgan fingerprint density at radius 3 is 2.76 bits per heavy atom. The number of aromatic nitrogens is 1. The standard InChI is InChI=1S/C16H19NO2S2/c1-3-15-17-13(11-21-15)10-19-16(18)8-9-20-14-6-4-12(2)5-7-14/h4-7,11H,3,8-10H2,1-2H3. The number of ether oxygens (including phenoxy) is 1. The van der Waals surface area contributed by atoms with E-state index in [-0.39, 0.29) is 12.6 Å². The number of esters is 1. The van der Waals surface area contributed by atoms with Gasteiger partial charge in [0.05, 0.1) is 17.1 Å². The van der Waals surface area contributed by atoms with E-state index in [0.29, 0.717) is 6.42 Å². The van der Waals surface area contributed by atoms with Crippen LogP contribution in [0.3, 0.4) is 0 Å². The van der Waals surface area contributed by atoms with Crippen molar-refractivity contribution in [2.45, 2.75) is 38.2 Å². The summed E-state index contributed by atoms with van der Waals surface area (Å²) >= 11 is 3.28. The number of hydrogen-bond acceptors (Lipinski definition) is 5. The molecule has 0 amide bonds. The third kappa shape index (κ3) is 5.52. The highest BCUT2D eigenvalue weighted by molar-refractivity contribution is 7.99. The maximum atomic E-state index is 11.7. The predicted octanol–water partition coefficient (Wildman–Crippen LogP) is 4.24. The predicted molar refractivity (Wildman–Crippen MR) is 87.8 cm³/mol. The average Bonchev–Trinajstić information content (AvgIpc) is 2.95. The molecule has 0 unspecified atom stereocenters. The molecule has 0 aliphatic heterocycles. The number of nitrogens with zero attached hydrogens (tertiary/aromatic N) is 1. The van der Waals surface area contributed by atoms with E-state index in [9.17, 15) is 4.79 Å². The zero-order valence-corrected chi connectivity index (χ0v) is 13.9. The summed E-state index contributed by atoms with van der Waals surface area (Å²) in [6.45, 7) is 4.41. The normalized spacial score (nSPS) is 10.6. The number of hydrogen-bond donors (Lipinski definition) is 0. The molecule has 0 atom stereocenters. The maximum Gasteiger partial charge on any atom is 0.307 e. The van der Waals surface area contributed by atoms with Crippen LogP contribution in [0, 0.1) is 6.92 Å². The van der Waals surface area contributed by atoms with E-state index >= 15 is 0 Å². The molecule has 0 aliphatic rings. The highest BCUT2D eigenvalue weighted by atomic mass is 32.2. The van der Waals surface area contributed by atoms with E-state index in [2.05, 4.69) is 43.1 Å². The number of thioether (sulfide) groups is 1. The van der Waals surface area contributed by atoms with Crippen LogP contribution in [0.15, 0.2) is 34.5 Å². The molecule has 5 heteroatoms. The average molecular weight is 321 g/mol. The van der Waals surface area contributed by atoms with Crippen molar-refractivity contribution in [2.75, 3.05) is 5.75 Å². The molecule has 0 bridgehead atoms. The van der Waals surface area contributed by atoms with Gasteiger partial charge in [0.1, 0.15) is 6.61 Å². The van der Waals surface area contributed by atoms with Gasteiger partial charge in [-0.2, -0.15) is 0 Å². The molecule has 21 heavy (non-hydrogen) atoms. The first kappa shape index (κ1) is 16.0. The zero-order valence-electron chi connectivity index (χ0n) is 12.3. The summed E-state index contributed by atoms with van der Waals surface area (Å²) in [5.74, 6) is 0.569. The number of aryl methyl sites for hydroxylation is 2. The lowest BCUT2D eigenvalue weighted by molar-refractivity contribution is -0.144. The van der Waals surface area contributed by atoms with Crippen molar-refractivity contribution in [2.24, 2.45) is 0 Å². The molecule has 1 aromatic heterocycles. The second-order valence-electron chi connectivity index (χ2n) is 4.66. The van der Waals surface area contributed by atoms with Crippen molar-refractivity contribution in [3.05, 3.63) is 45.9 Å². The van der Waals surface area contributed by atoms with Gasteiger partial charge >= 0.3 is 5.97 Å². The first-order valence-electron chi connectivity index (χ1n) is 6.95. The van der Waals surface area contributed by atoms with Crippen LogP contribution in [-0.4, -0.2) is 16.7 Å². The van der Waals surface area contributed by atoms with Crippen LogP contribution in [0.5, 0.6) is 0 Å². The Balaban J connectivity index is 1.66. The summed E-state index contributed by atoms with van der Waals surface area (Å²) < 4.78 is 5.23. The zero-order chi connectivity index (χ0) is 15.1. The first-order chi connectivity index (χ1) is 10.2. The molecule has 0 spiro atoms. The van der Waals surface area contributed by atoms with Crippen molar-refractivity contribution in [3.63, 3.8) is 0 Å². The van der Waals surface area contributed by atoms with Crippen LogP contribution in [0.25, 0.3) is 0 Å². The fourth-order valence-electron chi connectivity index (χ4n) is 1.69. The third-order valence-electron chi connectivity index (χ3n) is 2.88. The van der Waals surface area contributed by atoms with Gasteiger partial charge in [-0.3, -0.25) is 4.79 Å². The molecule has 0 N–H and O–H groups in total. The van der Waals surface area contributed by atoms with E-state index in [1.165, 1.54) is 10.5 Å². The second kappa shape index (κ2) is 8.20. The summed E-state index contributed by atoms with van der Waals surface area (Å²) in [7, 11) is 0. The number of thiazole rings is 1. The smallest absolute Gasteiger partial charge is 0.307 e. The van der Waals surface area contributed by atoms with Crippen LogP contribution in [0.4, 0.5) is 0 Å². The van der Waals surface area contributed by atoms with Crippen LogP contribution in [-0.2, 0) is 22.6 Å². The highest BCUT2D eigenvalue weighted by Gasteiger charge is 2.06. The monoisotopic (exact) mass is 321 g/mol. The molecule has 0 aliphatic carbocycles. The molecule has 0 radical (unpaired) electrons. The molecule has 0 saturated carbocycles. The van der Waals surface area contributed by atoms with Gasteiger partial charge in [0.15, 0.2) is 0 Å². The Morgan fingerprint density at radius 1 is 1.33 bits per heavy atom. The fraction of sp³-hybridized carbons (Fsp3) is 0.375. The number of benzene rings is 1. The Morgan fingerprint density at radius 2 is 2.10 bits per heavy atom. The molecule has 1 heterocycles. The molecule has 1 aromatic carbocycles. The van der Waals surface area contributed by atoms with Crippen LogP contribution in [0.2, 0.25) is 0 Å². The van der Waals surface area contributed by atoms with Crippen LogP contribution in [0.1, 0.15) is 29.6 Å². The summed E-state index contributed by atoms with van der Waals surface area (Å²) in [6.07, 6.45) is 1.34. The molecule has 2 aromatic rings. The van der Waals surface area contributed by atoms with Crippen molar-refractivity contribution < 1.29 is 9.53 Å². The lowest BCUT2D eigenvalue weighted by atomic mass is 10.2. The lowest BCUT2D eigenvalue weighted by Gasteiger charge is -2.03. The molecular formula is C16H19NO2S2. The molecule has 2 rings (SSSR count). The van der Waals surface area contributed by atoms with Gasteiger partial charge in [-0.15, -0.1) is 23.1 Å². The number of carbonyl (C=O) groups is 1. The summed E-state index contributed by atoms with van der Waals surface area (Å²) in [4.78, 5) is 17.2. The Kier molecular flexibility index (Phi) is 6.26. The van der Waals surface area contributed by atoms with E-state index in [1.54, 1.807) is 23.1 Å². The summed E-state index contributed by atoms with van der Waals surface area (Å²) in [5, 5.41) is 3.03. The molecule has 3 nitrogen and oxygen atoms in total. The fourth-order valence-corrected chi connectivity index (χ4v) is 3.25. The van der Waals surface area contributed by atoms with Gasteiger partial charge in [-0.1, -0.05) is 24.6 Å². The Labute approximate surface area is 133 Å². The first-order valence-corrected chi connectivity index (χ1v) is 8.82. The van der Waals surface area contributed by atoms with Gasteiger partial charge in [-0.25, -0.2) is 4.98 Å². The quantitative estimate of drug-likeness (QED) is 0.565. The van der Waals surface area contributed by atoms with Crippen molar-refractivity contribution in [3.8, 4) is 0 Å². The van der Waals surface area contributed by atoms with E-state index in [4.69, 9.17) is 4.74 Å². The number of rotatable bonds is 7. The number of carbonyl (C=O) groups excluding carboxylic acids is 1. The lowest BCUT2D eigenvalue weighted by Crippen LogP contribution is -2.05. The summed E-state index contributed by atoms with van der Waals surface area (Å²) in [5.41, 5.74) is 2.09. The maximum absolute atomic E-state index is 11.7. The minimum Gasteiger partial charge on any atom is -0.459 e. The van der Waals surface area contributed by atoms with Gasteiger partial charge in [0.2, 0.25) is 0 Å². The Hall–Kier alpha value is -1.33. The van der Waals surface area contributed by atoms with Gasteiger partial charge in [0, 0.05) is 16.0 Å². The van der Waals surface area contributed by atoms with E-state index < -0.39 is 0 Å². The Bertz CT molecular complexity index is 578. The highest BCUT2D eigenvalue weighted by Crippen LogP contribution is 2.19. The van der Waals surface area contributed by atoms with Crippen molar-refractivity contribution >= 4 is 29.1 Å².